The van der Waals surface area contributed by atoms with E-state index in [0.717, 1.165) is 26.1 Å². The van der Waals surface area contributed by atoms with Gasteiger partial charge in [-0.25, -0.2) is 4.39 Å². The molecule has 112 valence electrons. The van der Waals surface area contributed by atoms with Crippen molar-refractivity contribution in [2.45, 2.75) is 19.5 Å². The van der Waals surface area contributed by atoms with Gasteiger partial charge in [0.1, 0.15) is 0 Å². The largest absolute Gasteiger partial charge is 0.432 e. The summed E-state index contributed by atoms with van der Waals surface area (Å²) >= 11 is 0. The summed E-state index contributed by atoms with van der Waals surface area (Å²) in [6.45, 7) is -0.132. The maximum atomic E-state index is 13.5. The molecule has 0 radical (unpaired) electrons. The Morgan fingerprint density at radius 3 is 2.90 bits per heavy atom. The van der Waals surface area contributed by atoms with Gasteiger partial charge in [0, 0.05) is 24.8 Å². The van der Waals surface area contributed by atoms with Gasteiger partial charge in [-0.2, -0.15) is 8.78 Å². The number of anilines is 1. The molecule has 1 aliphatic rings. The van der Waals surface area contributed by atoms with Gasteiger partial charge in [0.25, 0.3) is 0 Å². The second-order valence-corrected chi connectivity index (χ2v) is 5.18. The van der Waals surface area contributed by atoms with Gasteiger partial charge in [-0.05, 0) is 44.5 Å². The predicted octanol–water partition coefficient (Wildman–Crippen LogP) is 3.18. The van der Waals surface area contributed by atoms with Crippen LogP contribution in [0.15, 0.2) is 18.2 Å². The van der Waals surface area contributed by atoms with E-state index < -0.39 is 18.2 Å². The fourth-order valence-electron chi connectivity index (χ4n) is 2.50. The molecule has 0 aliphatic carbocycles. The number of rotatable bonds is 5. The Balaban J connectivity index is 1.88. The number of nitrogens with zero attached hydrogens (tertiary/aromatic N) is 1. The summed E-state index contributed by atoms with van der Waals surface area (Å²) in [6.07, 6.45) is 2.31. The minimum Gasteiger partial charge on any atom is -0.432 e. The van der Waals surface area contributed by atoms with Crippen molar-refractivity contribution in [3.05, 3.63) is 24.0 Å². The molecule has 1 saturated heterocycles. The minimum absolute atomic E-state index is 0.428. The lowest BCUT2D eigenvalue weighted by atomic mass is 9.98. The normalized spacial score (nSPS) is 20.1. The van der Waals surface area contributed by atoms with E-state index in [9.17, 15) is 13.2 Å². The Morgan fingerprint density at radius 2 is 2.25 bits per heavy atom. The van der Waals surface area contributed by atoms with E-state index in [1.807, 2.05) is 0 Å². The average Bonchev–Trinajstić information content (AvgIpc) is 2.39. The van der Waals surface area contributed by atoms with Gasteiger partial charge in [-0.3, -0.25) is 0 Å². The molecule has 1 unspecified atom stereocenters. The minimum atomic E-state index is -3.01. The van der Waals surface area contributed by atoms with Crippen LogP contribution in [-0.4, -0.2) is 38.2 Å². The van der Waals surface area contributed by atoms with Crippen molar-refractivity contribution in [3.8, 4) is 5.75 Å². The summed E-state index contributed by atoms with van der Waals surface area (Å²) in [5, 5.41) is 3.15. The van der Waals surface area contributed by atoms with Crippen LogP contribution in [0.4, 0.5) is 18.9 Å². The molecular weight excluding hydrogens is 269 g/mol. The van der Waals surface area contributed by atoms with Gasteiger partial charge >= 0.3 is 6.61 Å². The van der Waals surface area contributed by atoms with Gasteiger partial charge in [0.05, 0.1) is 0 Å². The van der Waals surface area contributed by atoms with Crippen molar-refractivity contribution >= 4 is 5.69 Å². The summed E-state index contributed by atoms with van der Waals surface area (Å²) in [5.74, 6) is -0.687. The number of alkyl halides is 2. The standard InChI is InChI=1S/C14H19F3N2O/c1-19-6-2-3-10(9-19)8-18-11-4-5-13(12(15)7-11)20-14(16)17/h4-5,7,10,14,18H,2-3,6,8-9H2,1H3. The van der Waals surface area contributed by atoms with Crippen molar-refractivity contribution in [1.82, 2.24) is 4.90 Å². The molecule has 1 N–H and O–H groups in total. The highest BCUT2D eigenvalue weighted by Crippen LogP contribution is 2.23. The maximum absolute atomic E-state index is 13.5. The van der Waals surface area contributed by atoms with Crippen LogP contribution < -0.4 is 10.1 Å². The van der Waals surface area contributed by atoms with Crippen LogP contribution in [0.1, 0.15) is 12.8 Å². The average molecular weight is 288 g/mol. The summed E-state index contributed by atoms with van der Waals surface area (Å²) < 4.78 is 41.6. The van der Waals surface area contributed by atoms with Crippen LogP contribution in [0.5, 0.6) is 5.75 Å². The van der Waals surface area contributed by atoms with Crippen LogP contribution >= 0.6 is 0 Å². The van der Waals surface area contributed by atoms with E-state index in [1.54, 1.807) is 6.07 Å². The fraction of sp³-hybridized carbons (Fsp3) is 0.571. The second-order valence-electron chi connectivity index (χ2n) is 5.18. The SMILES string of the molecule is CN1CCCC(CNc2ccc(OC(F)F)c(F)c2)C1. The van der Waals surface area contributed by atoms with E-state index in [4.69, 9.17) is 0 Å². The number of piperidine rings is 1. The third-order valence-electron chi connectivity index (χ3n) is 3.46. The molecule has 2 rings (SSSR count). The summed E-state index contributed by atoms with van der Waals surface area (Å²) in [7, 11) is 2.09. The van der Waals surface area contributed by atoms with Crippen LogP contribution in [0.2, 0.25) is 0 Å². The molecule has 0 aromatic heterocycles. The van der Waals surface area contributed by atoms with Crippen LogP contribution in [-0.2, 0) is 0 Å². The van der Waals surface area contributed by atoms with Crippen molar-refractivity contribution in [2.75, 3.05) is 32.0 Å². The maximum Gasteiger partial charge on any atom is 0.387 e. The molecule has 6 heteroatoms. The van der Waals surface area contributed by atoms with Gasteiger partial charge in [0.15, 0.2) is 11.6 Å². The summed E-state index contributed by atoms with van der Waals surface area (Å²) in [5.41, 5.74) is 0.581. The summed E-state index contributed by atoms with van der Waals surface area (Å²) in [4.78, 5) is 2.27. The zero-order valence-corrected chi connectivity index (χ0v) is 11.4. The molecular formula is C14H19F3N2O. The topological polar surface area (TPSA) is 24.5 Å². The molecule has 1 aromatic carbocycles. The van der Waals surface area contributed by atoms with Gasteiger partial charge < -0.3 is 15.0 Å². The summed E-state index contributed by atoms with van der Waals surface area (Å²) in [6, 6.07) is 3.95. The first-order valence-corrected chi connectivity index (χ1v) is 6.71. The first kappa shape index (κ1) is 15.0. The van der Waals surface area contributed by atoms with Crippen LogP contribution in [0.25, 0.3) is 0 Å². The van der Waals surface area contributed by atoms with Gasteiger partial charge in [-0.15, -0.1) is 0 Å². The Bertz CT molecular complexity index is 442. The molecule has 20 heavy (non-hydrogen) atoms. The Kier molecular flexibility index (Phi) is 5.11. The molecule has 1 aliphatic heterocycles. The zero-order chi connectivity index (χ0) is 14.5. The third-order valence-corrected chi connectivity index (χ3v) is 3.46. The quantitative estimate of drug-likeness (QED) is 0.900. The second kappa shape index (κ2) is 6.83. The van der Waals surface area contributed by atoms with Crippen LogP contribution in [0, 0.1) is 11.7 Å². The van der Waals surface area contributed by atoms with Crippen molar-refractivity contribution < 1.29 is 17.9 Å². The monoisotopic (exact) mass is 288 g/mol. The van der Waals surface area contributed by atoms with E-state index in [2.05, 4.69) is 22.0 Å². The number of benzene rings is 1. The lowest BCUT2D eigenvalue weighted by Crippen LogP contribution is -2.35. The van der Waals surface area contributed by atoms with Gasteiger partial charge in [-0.1, -0.05) is 0 Å². The smallest absolute Gasteiger partial charge is 0.387 e. The molecule has 0 amide bonds. The van der Waals surface area contributed by atoms with Crippen LogP contribution in [0.3, 0.4) is 0 Å². The molecule has 0 saturated carbocycles. The first-order valence-electron chi connectivity index (χ1n) is 6.71. The Morgan fingerprint density at radius 1 is 1.45 bits per heavy atom. The molecule has 0 bridgehead atoms. The first-order chi connectivity index (χ1) is 9.54. The number of nitrogens with one attached hydrogen (secondary N) is 1. The lowest BCUT2D eigenvalue weighted by molar-refractivity contribution is -0.0521. The number of likely N-dealkylation sites (tertiary alicyclic amines) is 1. The lowest BCUT2D eigenvalue weighted by Gasteiger charge is -2.30. The van der Waals surface area contributed by atoms with E-state index in [-0.39, 0.29) is 0 Å². The third kappa shape index (κ3) is 4.30. The highest BCUT2D eigenvalue weighted by molar-refractivity contribution is 5.47. The molecule has 1 fully saturated rings. The molecule has 1 aromatic rings. The zero-order valence-electron chi connectivity index (χ0n) is 11.4. The number of ether oxygens (including phenoxy) is 1. The number of hydrogen-bond donors (Lipinski definition) is 1. The predicted molar refractivity (Wildman–Crippen MR) is 71.7 cm³/mol. The Hall–Kier alpha value is -1.43. The van der Waals surface area contributed by atoms with Crippen molar-refractivity contribution in [1.29, 1.82) is 0 Å². The Labute approximate surface area is 116 Å². The molecule has 0 spiro atoms. The molecule has 1 heterocycles. The highest BCUT2D eigenvalue weighted by atomic mass is 19.3. The number of halogens is 3. The highest BCUT2D eigenvalue weighted by Gasteiger charge is 2.17. The number of hydrogen-bond acceptors (Lipinski definition) is 3. The fourth-order valence-corrected chi connectivity index (χ4v) is 2.50. The van der Waals surface area contributed by atoms with E-state index >= 15 is 0 Å². The van der Waals surface area contributed by atoms with Crippen molar-refractivity contribution in [3.63, 3.8) is 0 Å². The van der Waals surface area contributed by atoms with Crippen molar-refractivity contribution in [2.24, 2.45) is 5.92 Å². The molecule has 3 nitrogen and oxygen atoms in total. The molecule has 1 atom stereocenters. The van der Waals surface area contributed by atoms with E-state index in [0.29, 0.717) is 11.6 Å². The van der Waals surface area contributed by atoms with Gasteiger partial charge in [0.2, 0.25) is 0 Å². The van der Waals surface area contributed by atoms with E-state index in [1.165, 1.54) is 18.6 Å².